The van der Waals surface area contributed by atoms with Crippen LogP contribution in [-0.2, 0) is 11.3 Å². The highest BCUT2D eigenvalue weighted by Crippen LogP contribution is 2.17. The summed E-state index contributed by atoms with van der Waals surface area (Å²) < 4.78 is 6.63. The van der Waals surface area contributed by atoms with Crippen molar-refractivity contribution in [3.8, 4) is 0 Å². The van der Waals surface area contributed by atoms with Crippen molar-refractivity contribution in [2.24, 2.45) is 0 Å². The van der Waals surface area contributed by atoms with Crippen LogP contribution < -0.4 is 11.1 Å². The van der Waals surface area contributed by atoms with Crippen LogP contribution in [-0.4, -0.2) is 10.5 Å². The fraction of sp³-hybridized carbons (Fsp3) is 0.222. The first-order valence-corrected chi connectivity index (χ1v) is 8.05. The van der Waals surface area contributed by atoms with Crippen molar-refractivity contribution in [3.63, 3.8) is 0 Å². The number of halogens is 1. The van der Waals surface area contributed by atoms with Gasteiger partial charge < -0.3 is 9.73 Å². The lowest BCUT2D eigenvalue weighted by molar-refractivity contribution is -0.121. The van der Waals surface area contributed by atoms with Crippen molar-refractivity contribution >= 4 is 28.6 Å². The van der Waals surface area contributed by atoms with Gasteiger partial charge in [-0.3, -0.25) is 9.36 Å². The highest BCUT2D eigenvalue weighted by atomic mass is 35.5. The molecule has 0 saturated carbocycles. The highest BCUT2D eigenvalue weighted by molar-refractivity contribution is 6.30. The molecule has 24 heavy (non-hydrogen) atoms. The largest absolute Gasteiger partial charge is 0.419 e. The topological polar surface area (TPSA) is 64.2 Å². The van der Waals surface area contributed by atoms with E-state index in [2.05, 4.69) is 5.32 Å². The van der Waals surface area contributed by atoms with E-state index in [0.717, 1.165) is 5.56 Å². The second-order valence-corrected chi connectivity index (χ2v) is 6.02. The summed E-state index contributed by atoms with van der Waals surface area (Å²) in [5.41, 5.74) is 2.15. The quantitative estimate of drug-likeness (QED) is 0.770. The Morgan fingerprint density at radius 1 is 1.25 bits per heavy atom. The predicted octanol–water partition coefficient (Wildman–Crippen LogP) is 3.52. The Morgan fingerprint density at radius 2 is 2.04 bits per heavy atom. The second-order valence-electron chi connectivity index (χ2n) is 5.58. The first kappa shape index (κ1) is 16.3. The van der Waals surface area contributed by atoms with Crippen LogP contribution in [0.25, 0.3) is 11.1 Å². The minimum atomic E-state index is -0.452. The minimum Gasteiger partial charge on any atom is -0.408 e. The smallest absolute Gasteiger partial charge is 0.408 e. The fourth-order valence-electron chi connectivity index (χ4n) is 2.61. The predicted molar refractivity (Wildman–Crippen MR) is 93.1 cm³/mol. The molecule has 1 atom stereocenters. The number of fused-ring (bicyclic) bond motifs is 1. The first-order chi connectivity index (χ1) is 11.5. The van der Waals surface area contributed by atoms with Gasteiger partial charge in [-0.25, -0.2) is 4.79 Å². The molecule has 1 N–H and O–H groups in total. The van der Waals surface area contributed by atoms with E-state index >= 15 is 0 Å². The molecule has 5 nitrogen and oxygen atoms in total. The van der Waals surface area contributed by atoms with E-state index < -0.39 is 5.76 Å². The number of nitrogens with one attached hydrogen (secondary N) is 1. The van der Waals surface area contributed by atoms with E-state index in [0.29, 0.717) is 16.1 Å². The molecule has 6 heteroatoms. The van der Waals surface area contributed by atoms with E-state index in [1.807, 2.05) is 31.2 Å². The molecule has 1 heterocycles. The van der Waals surface area contributed by atoms with Gasteiger partial charge >= 0.3 is 5.76 Å². The second kappa shape index (κ2) is 6.93. The van der Waals surface area contributed by atoms with E-state index in [4.69, 9.17) is 16.0 Å². The summed E-state index contributed by atoms with van der Waals surface area (Å²) in [6.45, 7) is 2.16. The molecule has 0 aliphatic carbocycles. The number of rotatable bonds is 5. The molecular weight excluding hydrogens is 328 g/mol. The maximum atomic E-state index is 12.2. The van der Waals surface area contributed by atoms with Crippen molar-refractivity contribution < 1.29 is 9.21 Å². The van der Waals surface area contributed by atoms with Gasteiger partial charge in [-0.05, 0) is 36.8 Å². The first-order valence-electron chi connectivity index (χ1n) is 7.68. The normalized spacial score (nSPS) is 12.2. The van der Waals surface area contributed by atoms with Crippen LogP contribution in [0.3, 0.4) is 0 Å². The SMILES string of the molecule is CC(NC(=O)CCn1c(=O)oc2ccccc21)c1cccc(Cl)c1. The molecule has 2 aromatic carbocycles. The Balaban J connectivity index is 1.65. The monoisotopic (exact) mass is 344 g/mol. The number of aryl methyl sites for hydroxylation is 1. The van der Waals surface area contributed by atoms with Crippen LogP contribution in [0.5, 0.6) is 0 Å². The summed E-state index contributed by atoms with van der Waals surface area (Å²) in [5.74, 6) is -0.591. The number of oxazole rings is 1. The van der Waals surface area contributed by atoms with Crippen molar-refractivity contribution in [2.45, 2.75) is 25.9 Å². The van der Waals surface area contributed by atoms with Crippen LogP contribution in [0.1, 0.15) is 24.9 Å². The number of nitrogens with zero attached hydrogens (tertiary/aromatic N) is 1. The number of carbonyl (C=O) groups is 1. The number of carbonyl (C=O) groups excluding carboxylic acids is 1. The Labute approximate surface area is 143 Å². The summed E-state index contributed by atoms with van der Waals surface area (Å²) in [7, 11) is 0. The molecule has 0 aliphatic rings. The zero-order valence-electron chi connectivity index (χ0n) is 13.2. The molecule has 0 saturated heterocycles. The molecule has 1 amide bonds. The molecule has 3 rings (SSSR count). The molecule has 3 aromatic rings. The Hall–Kier alpha value is -2.53. The molecule has 0 spiro atoms. The fourth-order valence-corrected chi connectivity index (χ4v) is 2.81. The number of para-hydroxylation sites is 2. The lowest BCUT2D eigenvalue weighted by Gasteiger charge is -2.14. The number of hydrogen-bond acceptors (Lipinski definition) is 3. The summed E-state index contributed by atoms with van der Waals surface area (Å²) in [4.78, 5) is 24.0. The van der Waals surface area contributed by atoms with Gasteiger partial charge in [-0.1, -0.05) is 35.9 Å². The standard InChI is InChI=1S/C18H17ClN2O3/c1-12(13-5-4-6-14(19)11-13)20-17(22)9-10-21-15-7-2-3-8-16(15)24-18(21)23/h2-8,11-12H,9-10H2,1H3,(H,20,22). The molecule has 1 unspecified atom stereocenters. The molecule has 0 bridgehead atoms. The van der Waals surface area contributed by atoms with Crippen molar-refractivity contribution in [1.82, 2.24) is 9.88 Å². The maximum Gasteiger partial charge on any atom is 0.419 e. The lowest BCUT2D eigenvalue weighted by atomic mass is 10.1. The van der Waals surface area contributed by atoms with E-state index in [9.17, 15) is 9.59 Å². The van der Waals surface area contributed by atoms with Gasteiger partial charge in [0, 0.05) is 18.0 Å². The van der Waals surface area contributed by atoms with Crippen molar-refractivity contribution in [1.29, 1.82) is 0 Å². The summed E-state index contributed by atoms with van der Waals surface area (Å²) in [5, 5.41) is 3.54. The van der Waals surface area contributed by atoms with Gasteiger partial charge in [0.15, 0.2) is 5.58 Å². The minimum absolute atomic E-state index is 0.139. The average molecular weight is 345 g/mol. The molecule has 0 aliphatic heterocycles. The maximum absolute atomic E-state index is 12.2. The average Bonchev–Trinajstić information content (AvgIpc) is 2.88. The van der Waals surface area contributed by atoms with E-state index in [-0.39, 0.29) is 24.9 Å². The highest BCUT2D eigenvalue weighted by Gasteiger charge is 2.13. The van der Waals surface area contributed by atoms with Crippen LogP contribution in [0.2, 0.25) is 5.02 Å². The third-order valence-electron chi connectivity index (χ3n) is 3.86. The Bertz CT molecular complexity index is 929. The van der Waals surface area contributed by atoms with Crippen molar-refractivity contribution in [2.75, 3.05) is 0 Å². The van der Waals surface area contributed by atoms with E-state index in [1.165, 1.54) is 4.57 Å². The molecule has 1 aromatic heterocycles. The van der Waals surface area contributed by atoms with Gasteiger partial charge in [-0.15, -0.1) is 0 Å². The molecular formula is C18H17ClN2O3. The number of hydrogen-bond donors (Lipinski definition) is 1. The zero-order chi connectivity index (χ0) is 17.1. The third-order valence-corrected chi connectivity index (χ3v) is 4.10. The summed E-state index contributed by atoms with van der Waals surface area (Å²) >= 11 is 5.97. The van der Waals surface area contributed by atoms with Gasteiger partial charge in [0.2, 0.25) is 5.91 Å². The van der Waals surface area contributed by atoms with Crippen LogP contribution in [0.15, 0.2) is 57.7 Å². The zero-order valence-corrected chi connectivity index (χ0v) is 13.9. The van der Waals surface area contributed by atoms with Crippen LogP contribution in [0, 0.1) is 0 Å². The molecule has 0 fully saturated rings. The van der Waals surface area contributed by atoms with Gasteiger partial charge in [-0.2, -0.15) is 0 Å². The third kappa shape index (κ3) is 3.51. The summed E-state index contributed by atoms with van der Waals surface area (Å²) in [6, 6.07) is 14.4. The lowest BCUT2D eigenvalue weighted by Crippen LogP contribution is -2.28. The number of aromatic nitrogens is 1. The van der Waals surface area contributed by atoms with E-state index in [1.54, 1.807) is 24.3 Å². The van der Waals surface area contributed by atoms with Crippen LogP contribution >= 0.6 is 11.6 Å². The Morgan fingerprint density at radius 3 is 2.83 bits per heavy atom. The molecule has 124 valence electrons. The van der Waals surface area contributed by atoms with Gasteiger partial charge in [0.25, 0.3) is 0 Å². The number of amides is 1. The van der Waals surface area contributed by atoms with Gasteiger partial charge in [0.05, 0.1) is 11.6 Å². The molecule has 0 radical (unpaired) electrons. The summed E-state index contributed by atoms with van der Waals surface area (Å²) in [6.07, 6.45) is 0.189. The van der Waals surface area contributed by atoms with Crippen molar-refractivity contribution in [3.05, 3.63) is 69.7 Å². The van der Waals surface area contributed by atoms with Gasteiger partial charge in [0.1, 0.15) is 0 Å². The number of benzene rings is 2. The Kier molecular flexibility index (Phi) is 4.71. The van der Waals surface area contributed by atoms with Crippen LogP contribution in [0.4, 0.5) is 0 Å².